The second-order valence-corrected chi connectivity index (χ2v) is 9.74. The molecule has 1 fully saturated rings. The summed E-state index contributed by atoms with van der Waals surface area (Å²) in [6, 6.07) is 10.8. The molecule has 2 aromatic rings. The quantitative estimate of drug-likeness (QED) is 0.806. The van der Waals surface area contributed by atoms with Crippen molar-refractivity contribution in [1.82, 2.24) is 10.3 Å². The minimum atomic E-state index is -3.27. The lowest BCUT2D eigenvalue weighted by Gasteiger charge is -2.22. The predicted molar refractivity (Wildman–Crippen MR) is 113 cm³/mol. The number of hydrogen-bond donors (Lipinski definition) is 2. The van der Waals surface area contributed by atoms with Gasteiger partial charge in [-0.25, -0.2) is 8.42 Å². The van der Waals surface area contributed by atoms with Crippen molar-refractivity contribution in [1.29, 1.82) is 0 Å². The number of aromatic nitrogens is 1. The van der Waals surface area contributed by atoms with Gasteiger partial charge in [0.1, 0.15) is 5.56 Å². The first-order valence-corrected chi connectivity index (χ1v) is 11.7. The zero-order valence-corrected chi connectivity index (χ0v) is 16.9. The van der Waals surface area contributed by atoms with E-state index in [1.54, 1.807) is 6.07 Å². The lowest BCUT2D eigenvalue weighted by Crippen LogP contribution is -2.38. The fourth-order valence-corrected chi connectivity index (χ4v) is 5.34. The first-order chi connectivity index (χ1) is 13.9. The van der Waals surface area contributed by atoms with Gasteiger partial charge in [-0.2, -0.15) is 0 Å². The third kappa shape index (κ3) is 4.50. The molecule has 2 aliphatic rings. The van der Waals surface area contributed by atoms with E-state index in [-0.39, 0.29) is 11.3 Å². The maximum atomic E-state index is 12.4. The van der Waals surface area contributed by atoms with E-state index in [1.807, 2.05) is 12.1 Å². The molecule has 4 rings (SSSR count). The molecule has 0 bridgehead atoms. The molecule has 1 saturated carbocycles. The summed E-state index contributed by atoms with van der Waals surface area (Å²) in [6.07, 6.45) is 7.78. The summed E-state index contributed by atoms with van der Waals surface area (Å²) >= 11 is 0. The van der Waals surface area contributed by atoms with Crippen molar-refractivity contribution in [3.05, 3.63) is 69.4 Å². The van der Waals surface area contributed by atoms with Crippen LogP contribution in [0, 0.1) is 0 Å². The third-order valence-electron chi connectivity index (χ3n) is 5.70. The Hall–Kier alpha value is -2.67. The van der Waals surface area contributed by atoms with Crippen LogP contribution >= 0.6 is 0 Å². The minimum absolute atomic E-state index is 0.0368. The number of carbonyl (C=O) groups excluding carboxylic acids is 1. The lowest BCUT2D eigenvalue weighted by atomic mass is 9.84. The number of rotatable bonds is 4. The topological polar surface area (TPSA) is 96.1 Å². The highest BCUT2D eigenvalue weighted by Crippen LogP contribution is 2.33. The molecule has 1 aromatic heterocycles. The number of aromatic amines is 1. The van der Waals surface area contributed by atoms with Crippen LogP contribution in [0.3, 0.4) is 0 Å². The van der Waals surface area contributed by atoms with Crippen LogP contribution in [0.5, 0.6) is 0 Å². The molecule has 0 radical (unpaired) electrons. The van der Waals surface area contributed by atoms with E-state index < -0.39 is 27.3 Å². The average molecular weight is 413 g/mol. The van der Waals surface area contributed by atoms with Gasteiger partial charge in [0, 0.05) is 11.1 Å². The molecule has 6 nitrogen and oxygen atoms in total. The van der Waals surface area contributed by atoms with Crippen LogP contribution in [0.25, 0.3) is 11.3 Å². The Morgan fingerprint density at radius 2 is 1.72 bits per heavy atom. The summed E-state index contributed by atoms with van der Waals surface area (Å²) in [5.74, 6) is -0.143. The summed E-state index contributed by atoms with van der Waals surface area (Å²) < 4.78 is 22.9. The van der Waals surface area contributed by atoms with Gasteiger partial charge in [-0.3, -0.25) is 9.59 Å². The SMILES string of the molecule is O=C(N[C@@H]1C=CS(=O)(=O)C1)c1ccc(-c2ccc(C3CCCCC3)cc2)[nH]c1=O. The van der Waals surface area contributed by atoms with Crippen molar-refractivity contribution in [2.45, 2.75) is 44.1 Å². The van der Waals surface area contributed by atoms with Crippen LogP contribution in [-0.2, 0) is 9.84 Å². The van der Waals surface area contributed by atoms with E-state index in [4.69, 9.17) is 0 Å². The minimum Gasteiger partial charge on any atom is -0.345 e. The largest absolute Gasteiger partial charge is 0.345 e. The fourth-order valence-electron chi connectivity index (χ4n) is 4.10. The number of sulfone groups is 1. The van der Waals surface area contributed by atoms with Gasteiger partial charge >= 0.3 is 0 Å². The number of nitrogens with one attached hydrogen (secondary N) is 2. The van der Waals surface area contributed by atoms with Crippen molar-refractivity contribution in [3.63, 3.8) is 0 Å². The average Bonchev–Trinajstić information content (AvgIpc) is 3.06. The zero-order chi connectivity index (χ0) is 20.4. The fraction of sp³-hybridized carbons (Fsp3) is 0.364. The summed E-state index contributed by atoms with van der Waals surface area (Å²) in [5, 5.41) is 3.66. The highest BCUT2D eigenvalue weighted by atomic mass is 32.2. The predicted octanol–water partition coefficient (Wildman–Crippen LogP) is 3.13. The van der Waals surface area contributed by atoms with Gasteiger partial charge in [-0.05, 0) is 48.1 Å². The van der Waals surface area contributed by atoms with Crippen LogP contribution in [0.1, 0.15) is 53.9 Å². The molecule has 0 saturated heterocycles. The second kappa shape index (κ2) is 7.99. The van der Waals surface area contributed by atoms with Crippen LogP contribution < -0.4 is 10.9 Å². The molecule has 0 unspecified atom stereocenters. The molecule has 152 valence electrons. The monoisotopic (exact) mass is 412 g/mol. The van der Waals surface area contributed by atoms with E-state index >= 15 is 0 Å². The van der Waals surface area contributed by atoms with Crippen molar-refractivity contribution >= 4 is 15.7 Å². The van der Waals surface area contributed by atoms with Crippen LogP contribution in [0.4, 0.5) is 0 Å². The Labute approximate surface area is 170 Å². The van der Waals surface area contributed by atoms with E-state index in [0.717, 1.165) is 11.0 Å². The number of benzene rings is 1. The molecular weight excluding hydrogens is 388 g/mol. The molecule has 1 amide bonds. The Balaban J connectivity index is 1.47. The van der Waals surface area contributed by atoms with Crippen LogP contribution in [-0.4, -0.2) is 31.1 Å². The van der Waals surface area contributed by atoms with Crippen molar-refractivity contribution < 1.29 is 13.2 Å². The van der Waals surface area contributed by atoms with Gasteiger partial charge in [0.2, 0.25) is 0 Å². The smallest absolute Gasteiger partial charge is 0.261 e. The van der Waals surface area contributed by atoms with Gasteiger partial charge in [0.25, 0.3) is 11.5 Å². The van der Waals surface area contributed by atoms with Gasteiger partial charge in [-0.15, -0.1) is 0 Å². The van der Waals surface area contributed by atoms with E-state index in [0.29, 0.717) is 11.6 Å². The molecule has 1 atom stereocenters. The Kier molecular flexibility index (Phi) is 5.41. The highest BCUT2D eigenvalue weighted by Gasteiger charge is 2.24. The van der Waals surface area contributed by atoms with Crippen LogP contribution in [0.15, 0.2) is 52.7 Å². The number of H-pyrrole nitrogens is 1. The number of carbonyl (C=O) groups is 1. The first-order valence-electron chi connectivity index (χ1n) is 9.97. The maximum Gasteiger partial charge on any atom is 0.261 e. The first kappa shape index (κ1) is 19.6. The molecule has 2 heterocycles. The number of hydrogen-bond acceptors (Lipinski definition) is 4. The molecule has 2 N–H and O–H groups in total. The summed E-state index contributed by atoms with van der Waals surface area (Å²) in [7, 11) is -3.27. The Morgan fingerprint density at radius 3 is 2.34 bits per heavy atom. The second-order valence-electron chi connectivity index (χ2n) is 7.81. The summed E-state index contributed by atoms with van der Waals surface area (Å²) in [5.41, 5.74) is 2.33. The highest BCUT2D eigenvalue weighted by molar-refractivity contribution is 7.94. The van der Waals surface area contributed by atoms with Crippen molar-refractivity contribution in [3.8, 4) is 11.3 Å². The van der Waals surface area contributed by atoms with E-state index in [2.05, 4.69) is 22.4 Å². The lowest BCUT2D eigenvalue weighted by molar-refractivity contribution is 0.0946. The molecule has 7 heteroatoms. The van der Waals surface area contributed by atoms with Crippen LogP contribution in [0.2, 0.25) is 0 Å². The zero-order valence-electron chi connectivity index (χ0n) is 16.1. The van der Waals surface area contributed by atoms with E-state index in [9.17, 15) is 18.0 Å². The van der Waals surface area contributed by atoms with Crippen molar-refractivity contribution in [2.75, 3.05) is 5.75 Å². The summed E-state index contributed by atoms with van der Waals surface area (Å²) in [6.45, 7) is 0. The molecule has 1 aromatic carbocycles. The van der Waals surface area contributed by atoms with Gasteiger partial charge in [-0.1, -0.05) is 43.5 Å². The molecule has 1 aliphatic carbocycles. The van der Waals surface area contributed by atoms with Crippen molar-refractivity contribution in [2.24, 2.45) is 0 Å². The normalized spacial score (nSPS) is 21.2. The van der Waals surface area contributed by atoms with Gasteiger partial charge in [0.05, 0.1) is 11.8 Å². The van der Waals surface area contributed by atoms with Gasteiger partial charge < -0.3 is 10.3 Å². The molecule has 29 heavy (non-hydrogen) atoms. The summed E-state index contributed by atoms with van der Waals surface area (Å²) in [4.78, 5) is 27.5. The Morgan fingerprint density at radius 1 is 1.00 bits per heavy atom. The third-order valence-corrected chi connectivity index (χ3v) is 7.09. The van der Waals surface area contributed by atoms with E-state index in [1.165, 1.54) is 49.8 Å². The maximum absolute atomic E-state index is 12.4. The molecule has 0 spiro atoms. The number of pyridine rings is 1. The Bertz CT molecular complexity index is 1090. The number of amides is 1. The van der Waals surface area contributed by atoms with Gasteiger partial charge in [0.15, 0.2) is 9.84 Å². The molecular formula is C22H24N2O4S. The molecule has 1 aliphatic heterocycles. The standard InChI is InChI=1S/C22H24N2O4S/c25-21(23-18-12-13-29(27,28)14-18)19-10-11-20(24-22(19)26)17-8-6-16(7-9-17)15-4-2-1-3-5-15/h6-13,15,18H,1-5,14H2,(H,23,25)(H,24,26)/t18-/m1/s1.